The Kier molecular flexibility index (Phi) is 4.20. The standard InChI is InChI=1S/C10H18N2O/c1-9-8-13-10(2)7-12(9)6-4-3-5-11/h9-10H,3-4,6-8H2,1-2H3. The lowest BCUT2D eigenvalue weighted by atomic mass is 10.2. The molecule has 1 heterocycles. The van der Waals surface area contributed by atoms with Crippen LogP contribution in [0, 0.1) is 11.3 Å². The molecule has 1 aliphatic rings. The summed E-state index contributed by atoms with van der Waals surface area (Å²) < 4.78 is 5.52. The van der Waals surface area contributed by atoms with Gasteiger partial charge in [-0.3, -0.25) is 4.90 Å². The fraction of sp³-hybridized carbons (Fsp3) is 0.900. The number of morpholine rings is 1. The third kappa shape index (κ3) is 3.33. The van der Waals surface area contributed by atoms with E-state index in [4.69, 9.17) is 10.00 Å². The number of rotatable bonds is 3. The first-order valence-corrected chi connectivity index (χ1v) is 4.96. The largest absolute Gasteiger partial charge is 0.376 e. The lowest BCUT2D eigenvalue weighted by Gasteiger charge is -2.36. The molecule has 1 rings (SSSR count). The second-order valence-corrected chi connectivity index (χ2v) is 3.75. The molecule has 0 aliphatic carbocycles. The van der Waals surface area contributed by atoms with Crippen LogP contribution in [0.1, 0.15) is 26.7 Å². The van der Waals surface area contributed by atoms with E-state index in [2.05, 4.69) is 24.8 Å². The van der Waals surface area contributed by atoms with Crippen molar-refractivity contribution >= 4 is 0 Å². The maximum absolute atomic E-state index is 8.42. The summed E-state index contributed by atoms with van der Waals surface area (Å²) in [6, 6.07) is 2.68. The molecule has 0 N–H and O–H groups in total. The average molecular weight is 182 g/mol. The van der Waals surface area contributed by atoms with E-state index in [9.17, 15) is 0 Å². The van der Waals surface area contributed by atoms with Gasteiger partial charge in [0, 0.05) is 19.0 Å². The molecule has 2 unspecified atom stereocenters. The van der Waals surface area contributed by atoms with Gasteiger partial charge in [0.25, 0.3) is 0 Å². The molecule has 2 atom stereocenters. The van der Waals surface area contributed by atoms with E-state index in [1.165, 1.54) is 0 Å². The van der Waals surface area contributed by atoms with E-state index < -0.39 is 0 Å². The number of hydrogen-bond donors (Lipinski definition) is 0. The normalized spacial score (nSPS) is 29.9. The molecule has 1 saturated heterocycles. The lowest BCUT2D eigenvalue weighted by molar-refractivity contribution is -0.0493. The van der Waals surface area contributed by atoms with Gasteiger partial charge in [0.2, 0.25) is 0 Å². The molecule has 13 heavy (non-hydrogen) atoms. The van der Waals surface area contributed by atoms with Gasteiger partial charge in [0.15, 0.2) is 0 Å². The topological polar surface area (TPSA) is 36.3 Å². The van der Waals surface area contributed by atoms with E-state index >= 15 is 0 Å². The summed E-state index contributed by atoms with van der Waals surface area (Å²) in [5.74, 6) is 0. The monoisotopic (exact) mass is 182 g/mol. The van der Waals surface area contributed by atoms with Crippen LogP contribution in [-0.4, -0.2) is 36.7 Å². The summed E-state index contributed by atoms with van der Waals surface area (Å²) in [7, 11) is 0. The molecule has 74 valence electrons. The van der Waals surface area contributed by atoms with E-state index in [1.807, 2.05) is 0 Å². The summed E-state index contributed by atoms with van der Waals surface area (Å²) in [5, 5.41) is 8.42. The highest BCUT2D eigenvalue weighted by Gasteiger charge is 2.22. The van der Waals surface area contributed by atoms with E-state index in [1.54, 1.807) is 0 Å². The van der Waals surface area contributed by atoms with Gasteiger partial charge in [-0.2, -0.15) is 5.26 Å². The molecule has 0 saturated carbocycles. The van der Waals surface area contributed by atoms with Crippen LogP contribution in [0.5, 0.6) is 0 Å². The van der Waals surface area contributed by atoms with Crippen molar-refractivity contribution in [3.8, 4) is 6.07 Å². The number of hydrogen-bond acceptors (Lipinski definition) is 3. The second kappa shape index (κ2) is 5.21. The number of nitriles is 1. The van der Waals surface area contributed by atoms with Gasteiger partial charge >= 0.3 is 0 Å². The second-order valence-electron chi connectivity index (χ2n) is 3.75. The van der Waals surface area contributed by atoms with Gasteiger partial charge < -0.3 is 4.74 Å². The molecule has 0 bridgehead atoms. The first-order chi connectivity index (χ1) is 6.24. The number of ether oxygens (including phenoxy) is 1. The Balaban J connectivity index is 2.26. The van der Waals surface area contributed by atoms with Gasteiger partial charge in [-0.25, -0.2) is 0 Å². The van der Waals surface area contributed by atoms with E-state index in [-0.39, 0.29) is 0 Å². The fourth-order valence-corrected chi connectivity index (χ4v) is 1.64. The van der Waals surface area contributed by atoms with Crippen LogP contribution in [0.3, 0.4) is 0 Å². The van der Waals surface area contributed by atoms with Crippen LogP contribution in [0.15, 0.2) is 0 Å². The Morgan fingerprint density at radius 3 is 3.00 bits per heavy atom. The number of unbranched alkanes of at least 4 members (excludes halogenated alkanes) is 1. The van der Waals surface area contributed by atoms with E-state index in [0.29, 0.717) is 18.6 Å². The van der Waals surface area contributed by atoms with Crippen molar-refractivity contribution in [1.29, 1.82) is 5.26 Å². The third-order valence-electron chi connectivity index (χ3n) is 2.47. The van der Waals surface area contributed by atoms with Crippen molar-refractivity contribution in [3.05, 3.63) is 0 Å². The fourth-order valence-electron chi connectivity index (χ4n) is 1.64. The molecule has 0 radical (unpaired) electrons. The highest BCUT2D eigenvalue weighted by Crippen LogP contribution is 2.11. The molecule has 0 amide bonds. The Labute approximate surface area is 80.3 Å². The number of nitrogens with zero attached hydrogens (tertiary/aromatic N) is 2. The summed E-state index contributed by atoms with van der Waals surface area (Å²) in [6.45, 7) is 7.14. The molecular weight excluding hydrogens is 164 g/mol. The minimum atomic E-state index is 0.346. The molecule has 0 spiro atoms. The van der Waals surface area contributed by atoms with Crippen molar-refractivity contribution in [2.24, 2.45) is 0 Å². The van der Waals surface area contributed by atoms with Gasteiger partial charge in [-0.1, -0.05) is 0 Å². The van der Waals surface area contributed by atoms with Crippen molar-refractivity contribution < 1.29 is 4.74 Å². The third-order valence-corrected chi connectivity index (χ3v) is 2.47. The summed E-state index contributed by atoms with van der Waals surface area (Å²) in [4.78, 5) is 2.41. The van der Waals surface area contributed by atoms with Gasteiger partial charge in [0.05, 0.1) is 18.8 Å². The quantitative estimate of drug-likeness (QED) is 0.619. The van der Waals surface area contributed by atoms with Crippen LogP contribution in [0.25, 0.3) is 0 Å². The van der Waals surface area contributed by atoms with Crippen LogP contribution in [0.2, 0.25) is 0 Å². The predicted molar refractivity (Wildman–Crippen MR) is 51.3 cm³/mol. The van der Waals surface area contributed by atoms with E-state index in [0.717, 1.165) is 26.1 Å². The van der Waals surface area contributed by atoms with Crippen molar-refractivity contribution in [2.75, 3.05) is 19.7 Å². The Bertz CT molecular complexity index is 188. The first-order valence-electron chi connectivity index (χ1n) is 4.96. The highest BCUT2D eigenvalue weighted by molar-refractivity contribution is 4.77. The lowest BCUT2D eigenvalue weighted by Crippen LogP contribution is -2.47. The smallest absolute Gasteiger partial charge is 0.0674 e. The van der Waals surface area contributed by atoms with Crippen molar-refractivity contribution in [1.82, 2.24) is 4.90 Å². The zero-order valence-electron chi connectivity index (χ0n) is 8.49. The predicted octanol–water partition coefficient (Wildman–Crippen LogP) is 1.40. The maximum Gasteiger partial charge on any atom is 0.0674 e. The Hall–Kier alpha value is -0.590. The first kappa shape index (κ1) is 10.5. The SMILES string of the molecule is CC1CN(CCCC#N)C(C)CO1. The molecule has 3 nitrogen and oxygen atoms in total. The van der Waals surface area contributed by atoms with Crippen LogP contribution < -0.4 is 0 Å². The van der Waals surface area contributed by atoms with Gasteiger partial charge in [0.1, 0.15) is 0 Å². The van der Waals surface area contributed by atoms with Crippen LogP contribution >= 0.6 is 0 Å². The van der Waals surface area contributed by atoms with Gasteiger partial charge in [-0.15, -0.1) is 0 Å². The van der Waals surface area contributed by atoms with Crippen molar-refractivity contribution in [3.63, 3.8) is 0 Å². The summed E-state index contributed by atoms with van der Waals surface area (Å²) in [6.07, 6.45) is 1.99. The molecule has 1 aliphatic heterocycles. The molecule has 1 fully saturated rings. The summed E-state index contributed by atoms with van der Waals surface area (Å²) in [5.41, 5.74) is 0. The van der Waals surface area contributed by atoms with Crippen LogP contribution in [0.4, 0.5) is 0 Å². The maximum atomic E-state index is 8.42. The Morgan fingerprint density at radius 1 is 1.54 bits per heavy atom. The van der Waals surface area contributed by atoms with Gasteiger partial charge in [-0.05, 0) is 26.8 Å². The highest BCUT2D eigenvalue weighted by atomic mass is 16.5. The molecule has 0 aromatic heterocycles. The zero-order valence-corrected chi connectivity index (χ0v) is 8.49. The minimum Gasteiger partial charge on any atom is -0.376 e. The molecule has 0 aromatic carbocycles. The zero-order chi connectivity index (χ0) is 9.68. The van der Waals surface area contributed by atoms with Crippen molar-refractivity contribution in [2.45, 2.75) is 38.8 Å². The molecule has 0 aromatic rings. The van der Waals surface area contributed by atoms with Crippen LogP contribution in [-0.2, 0) is 4.74 Å². The summed E-state index contributed by atoms with van der Waals surface area (Å²) >= 11 is 0. The molecule has 3 heteroatoms. The average Bonchev–Trinajstić information content (AvgIpc) is 2.11. The minimum absolute atomic E-state index is 0.346. The Morgan fingerprint density at radius 2 is 2.31 bits per heavy atom. The molecular formula is C10H18N2O.